The molecule has 0 saturated carbocycles. The van der Waals surface area contributed by atoms with Crippen LogP contribution in [-0.4, -0.2) is 92.0 Å². The van der Waals surface area contributed by atoms with Crippen LogP contribution in [0.2, 0.25) is 0 Å². The van der Waals surface area contributed by atoms with Crippen molar-refractivity contribution in [3.05, 3.63) is 30.3 Å². The van der Waals surface area contributed by atoms with Crippen LogP contribution in [0.3, 0.4) is 0 Å². The molecule has 2 aliphatic heterocycles. The average molecular weight is 494 g/mol. The fourth-order valence-corrected chi connectivity index (χ4v) is 5.20. The molecule has 2 saturated heterocycles. The SMILES string of the molecule is CC(C)NC(=O)N1CCN(C(=O)CS(=O)(=O)c2ccccc2)C[C@H]1C(=O)N[C@H]1CCCNC1=O. The van der Waals surface area contributed by atoms with Crippen LogP contribution in [0.25, 0.3) is 0 Å². The molecule has 11 nitrogen and oxygen atoms in total. The summed E-state index contributed by atoms with van der Waals surface area (Å²) in [6.07, 6.45) is 1.18. The van der Waals surface area contributed by atoms with Crippen molar-refractivity contribution in [2.45, 2.75) is 49.7 Å². The average Bonchev–Trinajstić information content (AvgIpc) is 2.80. The van der Waals surface area contributed by atoms with Crippen LogP contribution in [0.15, 0.2) is 35.2 Å². The molecule has 0 radical (unpaired) electrons. The number of nitrogens with one attached hydrogen (secondary N) is 3. The van der Waals surface area contributed by atoms with E-state index >= 15 is 0 Å². The largest absolute Gasteiger partial charge is 0.354 e. The van der Waals surface area contributed by atoms with Crippen molar-refractivity contribution >= 4 is 33.6 Å². The highest BCUT2D eigenvalue weighted by atomic mass is 32.2. The van der Waals surface area contributed by atoms with E-state index in [1.165, 1.54) is 21.9 Å². The molecule has 0 aliphatic carbocycles. The monoisotopic (exact) mass is 493 g/mol. The van der Waals surface area contributed by atoms with Gasteiger partial charge in [-0.1, -0.05) is 18.2 Å². The Morgan fingerprint density at radius 2 is 1.85 bits per heavy atom. The molecule has 34 heavy (non-hydrogen) atoms. The van der Waals surface area contributed by atoms with Crippen LogP contribution in [0.1, 0.15) is 26.7 Å². The van der Waals surface area contributed by atoms with Crippen molar-refractivity contribution in [3.63, 3.8) is 0 Å². The van der Waals surface area contributed by atoms with Gasteiger partial charge in [0.05, 0.1) is 11.4 Å². The summed E-state index contributed by atoms with van der Waals surface area (Å²) in [6.45, 7) is 4.07. The summed E-state index contributed by atoms with van der Waals surface area (Å²) in [4.78, 5) is 53.5. The highest BCUT2D eigenvalue weighted by molar-refractivity contribution is 7.92. The zero-order chi connectivity index (χ0) is 24.9. The normalized spacial score (nSPS) is 21.1. The van der Waals surface area contributed by atoms with Crippen LogP contribution < -0.4 is 16.0 Å². The van der Waals surface area contributed by atoms with Crippen molar-refractivity contribution in [2.24, 2.45) is 0 Å². The van der Waals surface area contributed by atoms with Crippen molar-refractivity contribution in [2.75, 3.05) is 31.9 Å². The van der Waals surface area contributed by atoms with Crippen molar-refractivity contribution in [3.8, 4) is 0 Å². The van der Waals surface area contributed by atoms with Crippen molar-refractivity contribution < 1.29 is 27.6 Å². The van der Waals surface area contributed by atoms with Crippen LogP contribution in [0.5, 0.6) is 0 Å². The third kappa shape index (κ3) is 6.25. The van der Waals surface area contributed by atoms with Gasteiger partial charge in [-0.05, 0) is 38.8 Å². The lowest BCUT2D eigenvalue weighted by molar-refractivity contribution is -0.137. The summed E-state index contributed by atoms with van der Waals surface area (Å²) < 4.78 is 25.3. The third-order valence-electron chi connectivity index (χ3n) is 5.73. The van der Waals surface area contributed by atoms with Gasteiger partial charge in [0.15, 0.2) is 9.84 Å². The maximum absolute atomic E-state index is 13.1. The number of sulfone groups is 1. The van der Waals surface area contributed by atoms with Gasteiger partial charge in [0.2, 0.25) is 17.7 Å². The number of nitrogens with zero attached hydrogens (tertiary/aromatic N) is 2. The molecule has 0 spiro atoms. The number of amides is 5. The van der Waals surface area contributed by atoms with E-state index in [0.29, 0.717) is 19.4 Å². The van der Waals surface area contributed by atoms with Crippen LogP contribution in [0, 0.1) is 0 Å². The Kier molecular flexibility index (Phi) is 8.13. The fourth-order valence-electron chi connectivity index (χ4n) is 3.95. The Morgan fingerprint density at radius 1 is 1.15 bits per heavy atom. The first-order valence-corrected chi connectivity index (χ1v) is 12.9. The van der Waals surface area contributed by atoms with Gasteiger partial charge in [-0.3, -0.25) is 14.4 Å². The summed E-state index contributed by atoms with van der Waals surface area (Å²) in [6, 6.07) is 5.24. The van der Waals surface area contributed by atoms with Crippen LogP contribution in [-0.2, 0) is 24.2 Å². The van der Waals surface area contributed by atoms with E-state index in [2.05, 4.69) is 16.0 Å². The summed E-state index contributed by atoms with van der Waals surface area (Å²) in [5.41, 5.74) is 0. The van der Waals surface area contributed by atoms with E-state index in [-0.39, 0.29) is 36.5 Å². The maximum Gasteiger partial charge on any atom is 0.318 e. The van der Waals surface area contributed by atoms with Gasteiger partial charge in [-0.15, -0.1) is 0 Å². The lowest BCUT2D eigenvalue weighted by Crippen LogP contribution is -2.65. The molecule has 1 aromatic carbocycles. The molecule has 1 aromatic rings. The molecule has 12 heteroatoms. The molecule has 5 amide bonds. The molecule has 3 rings (SSSR count). The van der Waals surface area contributed by atoms with Gasteiger partial charge < -0.3 is 25.8 Å². The molecule has 0 bridgehead atoms. The first-order valence-electron chi connectivity index (χ1n) is 11.3. The molecule has 186 valence electrons. The molecule has 2 atom stereocenters. The molecule has 0 aromatic heterocycles. The van der Waals surface area contributed by atoms with E-state index in [9.17, 15) is 27.6 Å². The molecule has 0 unspecified atom stereocenters. The Labute approximate surface area is 199 Å². The Morgan fingerprint density at radius 3 is 2.50 bits per heavy atom. The van der Waals surface area contributed by atoms with Crippen molar-refractivity contribution in [1.82, 2.24) is 25.8 Å². The standard InChI is InChI=1S/C22H31N5O6S/c1-15(2)24-22(31)27-12-11-26(19(28)14-34(32,33)16-7-4-3-5-8-16)13-18(27)21(30)25-17-9-6-10-23-20(17)29/h3-5,7-8,15,17-18H,6,9-14H2,1-2H3,(H,23,29)(H,24,31)(H,25,30)/t17-,18-/m0/s1. The van der Waals surface area contributed by atoms with Crippen molar-refractivity contribution in [1.29, 1.82) is 0 Å². The summed E-state index contributed by atoms with van der Waals surface area (Å²) in [5, 5.41) is 8.11. The van der Waals surface area contributed by atoms with E-state index in [1.54, 1.807) is 32.0 Å². The van der Waals surface area contributed by atoms with E-state index in [1.807, 2.05) is 0 Å². The lowest BCUT2D eigenvalue weighted by atomic mass is 10.1. The topological polar surface area (TPSA) is 145 Å². The molecule has 2 aliphatic rings. The highest BCUT2D eigenvalue weighted by Gasteiger charge is 2.39. The second kappa shape index (κ2) is 10.9. The number of carbonyl (C=O) groups is 4. The summed E-state index contributed by atoms with van der Waals surface area (Å²) >= 11 is 0. The number of piperidine rings is 1. The minimum atomic E-state index is -3.86. The van der Waals surface area contributed by atoms with Gasteiger partial charge in [0.1, 0.15) is 17.8 Å². The number of piperazine rings is 1. The van der Waals surface area contributed by atoms with Gasteiger partial charge in [-0.2, -0.15) is 0 Å². The van der Waals surface area contributed by atoms with Gasteiger partial charge in [0.25, 0.3) is 0 Å². The second-order valence-corrected chi connectivity index (χ2v) is 10.7. The minimum absolute atomic E-state index is 0.0379. The number of hydrogen-bond donors (Lipinski definition) is 3. The number of urea groups is 1. The third-order valence-corrected chi connectivity index (χ3v) is 7.34. The molecule has 2 fully saturated rings. The zero-order valence-electron chi connectivity index (χ0n) is 19.3. The first-order chi connectivity index (χ1) is 16.1. The van der Waals surface area contributed by atoms with Gasteiger partial charge in [0, 0.05) is 25.7 Å². The molecular weight excluding hydrogens is 462 g/mol. The zero-order valence-corrected chi connectivity index (χ0v) is 20.1. The first kappa shape index (κ1) is 25.5. The maximum atomic E-state index is 13.1. The quantitative estimate of drug-likeness (QED) is 0.487. The number of benzene rings is 1. The van der Waals surface area contributed by atoms with E-state index < -0.39 is 45.5 Å². The minimum Gasteiger partial charge on any atom is -0.354 e. The predicted molar refractivity (Wildman–Crippen MR) is 123 cm³/mol. The fraction of sp³-hybridized carbons (Fsp3) is 0.545. The smallest absolute Gasteiger partial charge is 0.318 e. The Hall–Kier alpha value is -3.15. The van der Waals surface area contributed by atoms with E-state index in [0.717, 1.165) is 0 Å². The molecule has 2 heterocycles. The van der Waals surface area contributed by atoms with Gasteiger partial charge >= 0.3 is 6.03 Å². The highest BCUT2D eigenvalue weighted by Crippen LogP contribution is 2.16. The molecular formula is C22H31N5O6S. The van der Waals surface area contributed by atoms with Crippen LogP contribution in [0.4, 0.5) is 4.79 Å². The molecule has 3 N–H and O–H groups in total. The van der Waals surface area contributed by atoms with Crippen LogP contribution >= 0.6 is 0 Å². The lowest BCUT2D eigenvalue weighted by Gasteiger charge is -2.41. The number of carbonyl (C=O) groups excluding carboxylic acids is 4. The summed E-state index contributed by atoms with van der Waals surface area (Å²) in [5.74, 6) is -2.25. The second-order valence-electron chi connectivity index (χ2n) is 8.72. The number of hydrogen-bond acceptors (Lipinski definition) is 6. The van der Waals surface area contributed by atoms with E-state index in [4.69, 9.17) is 0 Å². The summed E-state index contributed by atoms with van der Waals surface area (Å²) in [7, 11) is -3.86. The number of rotatable bonds is 6. The van der Waals surface area contributed by atoms with Gasteiger partial charge in [-0.25, -0.2) is 13.2 Å². The predicted octanol–water partition coefficient (Wildman–Crippen LogP) is -0.514. The Bertz CT molecular complexity index is 1030. The Balaban J connectivity index is 1.75.